The summed E-state index contributed by atoms with van der Waals surface area (Å²) >= 11 is 0. The first-order valence-electron chi connectivity index (χ1n) is 9.62. The Labute approximate surface area is 172 Å². The van der Waals surface area contributed by atoms with Gasteiger partial charge < -0.3 is 18.9 Å². The average molecular weight is 422 g/mol. The molecule has 0 saturated heterocycles. The minimum Gasteiger partial charge on any atom is -0.454 e. The highest BCUT2D eigenvalue weighted by Crippen LogP contribution is 2.33. The predicted octanol–water partition coefficient (Wildman–Crippen LogP) is 3.31. The van der Waals surface area contributed by atoms with Gasteiger partial charge in [-0.25, -0.2) is 8.42 Å². The smallest absolute Gasteiger partial charge is 0.243 e. The van der Waals surface area contributed by atoms with Crippen LogP contribution in [0.5, 0.6) is 11.5 Å². The number of aryl methyl sites for hydroxylation is 1. The molecule has 0 saturated carbocycles. The third kappa shape index (κ3) is 5.27. The summed E-state index contributed by atoms with van der Waals surface area (Å²) in [5, 5.41) is 0. The second-order valence-electron chi connectivity index (χ2n) is 6.64. The van der Waals surface area contributed by atoms with Gasteiger partial charge in [0.25, 0.3) is 0 Å². The summed E-state index contributed by atoms with van der Waals surface area (Å²) in [5.41, 5.74) is 1.78. The van der Waals surface area contributed by atoms with Crippen molar-refractivity contribution >= 4 is 10.0 Å². The predicted molar refractivity (Wildman–Crippen MR) is 108 cm³/mol. The molecule has 3 rings (SSSR count). The van der Waals surface area contributed by atoms with Gasteiger partial charge in [-0.05, 0) is 50.6 Å². The lowest BCUT2D eigenvalue weighted by molar-refractivity contribution is -0.140. The van der Waals surface area contributed by atoms with Crippen LogP contribution in [-0.2, 0) is 26.0 Å². The molecule has 1 aliphatic rings. The first-order chi connectivity index (χ1) is 13.9. The molecule has 2 aromatic rings. The molecule has 0 aromatic heterocycles. The highest BCUT2D eigenvalue weighted by Gasteiger charge is 2.28. The Morgan fingerprint density at radius 3 is 2.31 bits per heavy atom. The number of hydrogen-bond donors (Lipinski definition) is 0. The molecule has 0 fully saturated rings. The van der Waals surface area contributed by atoms with Gasteiger partial charge in [-0.1, -0.05) is 23.8 Å². The Morgan fingerprint density at radius 2 is 1.66 bits per heavy atom. The molecular formula is C21H27NO6S. The van der Waals surface area contributed by atoms with E-state index in [-0.39, 0.29) is 24.8 Å². The minimum absolute atomic E-state index is 0.0757. The van der Waals surface area contributed by atoms with Gasteiger partial charge in [0.2, 0.25) is 16.8 Å². The average Bonchev–Trinajstić information content (AvgIpc) is 3.16. The van der Waals surface area contributed by atoms with E-state index in [1.807, 2.05) is 26.8 Å². The van der Waals surface area contributed by atoms with Gasteiger partial charge in [-0.3, -0.25) is 0 Å². The van der Waals surface area contributed by atoms with Crippen LogP contribution in [0.15, 0.2) is 47.4 Å². The molecular weight excluding hydrogens is 394 g/mol. The molecule has 8 heteroatoms. The first kappa shape index (κ1) is 21.6. The third-order valence-electron chi connectivity index (χ3n) is 4.51. The van der Waals surface area contributed by atoms with E-state index in [4.69, 9.17) is 18.9 Å². The van der Waals surface area contributed by atoms with Crippen LogP contribution in [0.1, 0.15) is 25.0 Å². The molecule has 0 N–H and O–H groups in total. The highest BCUT2D eigenvalue weighted by molar-refractivity contribution is 7.89. The third-order valence-corrected chi connectivity index (χ3v) is 6.34. The molecule has 158 valence electrons. The molecule has 0 amide bonds. The molecule has 1 heterocycles. The molecule has 0 unspecified atom stereocenters. The molecule has 29 heavy (non-hydrogen) atoms. The van der Waals surface area contributed by atoms with Crippen LogP contribution in [-0.4, -0.2) is 45.6 Å². The van der Waals surface area contributed by atoms with Gasteiger partial charge in [0.05, 0.1) is 11.4 Å². The van der Waals surface area contributed by atoms with Crippen molar-refractivity contribution in [1.82, 2.24) is 4.31 Å². The standard InChI is InChI=1S/C21H27NO6S/c1-4-25-21(26-5-2)14-22(29(23,24)18-9-6-16(3)7-10-18)13-17-8-11-19-20(12-17)28-15-27-19/h6-12,21H,4-5,13-15H2,1-3H3. The molecule has 2 aromatic carbocycles. The monoisotopic (exact) mass is 421 g/mol. The van der Waals surface area contributed by atoms with E-state index in [0.29, 0.717) is 24.7 Å². The van der Waals surface area contributed by atoms with Crippen molar-refractivity contribution in [3.63, 3.8) is 0 Å². The van der Waals surface area contributed by atoms with Crippen molar-refractivity contribution in [2.45, 2.75) is 38.5 Å². The summed E-state index contributed by atoms with van der Waals surface area (Å²) in [6.07, 6.45) is -0.653. The second kappa shape index (κ2) is 9.58. The molecule has 7 nitrogen and oxygen atoms in total. The number of benzene rings is 2. The molecule has 0 spiro atoms. The van der Waals surface area contributed by atoms with Crippen molar-refractivity contribution < 1.29 is 27.4 Å². The van der Waals surface area contributed by atoms with E-state index in [9.17, 15) is 8.42 Å². The van der Waals surface area contributed by atoms with Crippen LogP contribution in [0.25, 0.3) is 0 Å². The molecule has 1 aliphatic heterocycles. The van der Waals surface area contributed by atoms with Crippen molar-refractivity contribution in [2.75, 3.05) is 26.6 Å². The lowest BCUT2D eigenvalue weighted by atomic mass is 10.2. The molecule has 0 aliphatic carbocycles. The van der Waals surface area contributed by atoms with Gasteiger partial charge in [0.15, 0.2) is 17.8 Å². The number of nitrogens with zero attached hydrogens (tertiary/aromatic N) is 1. The summed E-state index contributed by atoms with van der Waals surface area (Å²) in [6.45, 7) is 6.86. The lowest BCUT2D eigenvalue weighted by Crippen LogP contribution is -2.39. The van der Waals surface area contributed by atoms with Gasteiger partial charge in [-0.2, -0.15) is 4.31 Å². The van der Waals surface area contributed by atoms with E-state index in [1.165, 1.54) is 4.31 Å². The Balaban J connectivity index is 1.91. The Hall–Kier alpha value is -2.13. The number of rotatable bonds is 10. The van der Waals surface area contributed by atoms with Crippen molar-refractivity contribution in [3.05, 3.63) is 53.6 Å². The Bertz CT molecular complexity index is 907. The van der Waals surface area contributed by atoms with Crippen LogP contribution in [0, 0.1) is 6.92 Å². The number of ether oxygens (including phenoxy) is 4. The minimum atomic E-state index is -3.76. The van der Waals surface area contributed by atoms with Crippen LogP contribution in [0.3, 0.4) is 0 Å². The lowest BCUT2D eigenvalue weighted by Gasteiger charge is -2.27. The maximum atomic E-state index is 13.4. The topological polar surface area (TPSA) is 74.3 Å². The van der Waals surface area contributed by atoms with Crippen molar-refractivity contribution in [2.24, 2.45) is 0 Å². The normalized spacial score (nSPS) is 13.4. The van der Waals surface area contributed by atoms with E-state index in [1.54, 1.807) is 36.4 Å². The zero-order chi connectivity index (χ0) is 20.9. The SMILES string of the molecule is CCOC(CN(Cc1ccc2c(c1)OCO2)S(=O)(=O)c1ccc(C)cc1)OCC. The van der Waals surface area contributed by atoms with Crippen LogP contribution in [0.2, 0.25) is 0 Å². The number of fused-ring (bicyclic) bond motifs is 1. The maximum Gasteiger partial charge on any atom is 0.243 e. The van der Waals surface area contributed by atoms with E-state index < -0.39 is 16.3 Å². The first-order valence-corrected chi connectivity index (χ1v) is 11.1. The fourth-order valence-electron chi connectivity index (χ4n) is 3.04. The molecule has 0 radical (unpaired) electrons. The summed E-state index contributed by atoms with van der Waals surface area (Å²) in [4.78, 5) is 0.232. The number of sulfonamides is 1. The van der Waals surface area contributed by atoms with E-state index in [2.05, 4.69) is 0 Å². The van der Waals surface area contributed by atoms with Crippen LogP contribution in [0.4, 0.5) is 0 Å². The molecule has 0 atom stereocenters. The fourth-order valence-corrected chi connectivity index (χ4v) is 4.46. The fraction of sp³-hybridized carbons (Fsp3) is 0.429. The van der Waals surface area contributed by atoms with Gasteiger partial charge in [-0.15, -0.1) is 0 Å². The largest absolute Gasteiger partial charge is 0.454 e. The van der Waals surface area contributed by atoms with Gasteiger partial charge in [0.1, 0.15) is 0 Å². The molecule has 0 bridgehead atoms. The van der Waals surface area contributed by atoms with Crippen LogP contribution >= 0.6 is 0 Å². The summed E-state index contributed by atoms with van der Waals surface area (Å²) < 4.78 is 50.1. The highest BCUT2D eigenvalue weighted by atomic mass is 32.2. The quantitative estimate of drug-likeness (QED) is 0.548. The Morgan fingerprint density at radius 1 is 1.00 bits per heavy atom. The second-order valence-corrected chi connectivity index (χ2v) is 8.58. The summed E-state index contributed by atoms with van der Waals surface area (Å²) in [5.74, 6) is 1.27. The van der Waals surface area contributed by atoms with E-state index in [0.717, 1.165) is 11.1 Å². The van der Waals surface area contributed by atoms with Crippen LogP contribution < -0.4 is 9.47 Å². The van der Waals surface area contributed by atoms with Gasteiger partial charge >= 0.3 is 0 Å². The van der Waals surface area contributed by atoms with Crippen molar-refractivity contribution in [3.8, 4) is 11.5 Å². The zero-order valence-electron chi connectivity index (χ0n) is 17.0. The summed E-state index contributed by atoms with van der Waals surface area (Å²) in [7, 11) is -3.76. The number of hydrogen-bond acceptors (Lipinski definition) is 6. The summed E-state index contributed by atoms with van der Waals surface area (Å²) in [6, 6.07) is 12.2. The maximum absolute atomic E-state index is 13.4. The van der Waals surface area contributed by atoms with Gasteiger partial charge in [0, 0.05) is 19.8 Å². The van der Waals surface area contributed by atoms with Crippen molar-refractivity contribution in [1.29, 1.82) is 0 Å². The Kier molecular flexibility index (Phi) is 7.13. The zero-order valence-corrected chi connectivity index (χ0v) is 17.8. The van der Waals surface area contributed by atoms with E-state index >= 15 is 0 Å².